The molecule has 0 aliphatic carbocycles. The summed E-state index contributed by atoms with van der Waals surface area (Å²) < 4.78 is 1280. The number of ether oxygens (including phenoxy) is 15. The fraction of sp³-hybridized carbons (Fsp3) is 1.00. The van der Waals surface area contributed by atoms with Crippen molar-refractivity contribution >= 4 is 0 Å². The highest BCUT2D eigenvalue weighted by molar-refractivity contribution is 5.07. The van der Waals surface area contributed by atoms with Gasteiger partial charge in [-0.25, -0.2) is 9.47 Å². The first-order valence-electron chi connectivity index (χ1n) is 30.1. The molecule has 0 saturated carbocycles. The monoisotopic (exact) mass is 2480 g/mol. The SMILES string of the molecule is FC(F)(F)OC(F)(F)C(F)(OC(F)(F)C(F)(OC(F)(F)C(F)(OC(F)(F)C(F)(OC(F)(F)C(F)(OC(F)(F)C(F)(OC(F)(F)C(F)(OC(F)(F)C(F)(OC(F)(F)C(F)(OC(F)(F)C(F)(OC(F)(F)C(F)(OC(F)(F)C(F)(OC(F)(F)C(F)(OC(F)(F)C(F)(OC(F)(F)F)C(F)(F)F)C(F)(F)F)C(F)(F)F)C(F)(F)F)C(F)(F)F)C(F)(F)F)C(F)(F)F)C(F)(F)F)C(F)(F)F)C(F)(F)F)C(F)(F)F)C(F)(F)F)C(F)(F)F)C(F)(F)F. The minimum atomic E-state index is -11.0. The van der Waals surface area contributed by atoms with E-state index in [4.69, 9.17) is 0 Å². The van der Waals surface area contributed by atoms with Gasteiger partial charge >= 0.3 is 267 Å². The summed E-state index contributed by atoms with van der Waals surface area (Å²) in [4.78, 5) is 0. The third-order valence-electron chi connectivity index (χ3n) is 14.3. The molecule has 0 rings (SSSR count). The molecule has 0 aromatic heterocycles. The van der Waals surface area contributed by atoms with Gasteiger partial charge in [-0.2, -0.15) is 369 Å². The van der Waals surface area contributed by atoms with Crippen molar-refractivity contribution in [2.24, 2.45) is 0 Å². The molecule has 0 bridgehead atoms. The highest BCUT2D eigenvalue weighted by atomic mass is 19.5. The number of rotatable bonds is 42. The van der Waals surface area contributed by atoms with E-state index in [1.807, 2.05) is 0 Å². The minimum absolute atomic E-state index is 0.0904. The molecule has 0 aromatic carbocycles. The zero-order chi connectivity index (χ0) is 123. The van der Waals surface area contributed by atoms with Crippen LogP contribution < -0.4 is 0 Å². The van der Waals surface area contributed by atoms with Gasteiger partial charge in [0.1, 0.15) is 0 Å². The highest BCUT2D eigenvalue weighted by Gasteiger charge is 2.99. The molecule has 0 aliphatic heterocycles. The van der Waals surface area contributed by atoms with Crippen LogP contribution in [0.5, 0.6) is 0 Å². The second-order valence-electron chi connectivity index (χ2n) is 25.0. The van der Waals surface area contributed by atoms with Crippen LogP contribution in [-0.4, -0.2) is 267 Å². The minimum Gasteiger partial charge on any atom is -0.263 e. The van der Waals surface area contributed by atoms with Crippen molar-refractivity contribution in [3.8, 4) is 0 Å². The van der Waals surface area contributed by atoms with Gasteiger partial charge in [-0.15, -0.1) is 26.3 Å². The summed E-state index contributed by atoms with van der Waals surface area (Å²) in [7, 11) is 0. The maximum absolute atomic E-state index is 15.4. The molecule has 105 heteroatoms. The van der Waals surface area contributed by atoms with Crippen molar-refractivity contribution in [1.82, 2.24) is 0 Å². The molecule has 896 valence electrons. The van der Waals surface area contributed by atoms with Gasteiger partial charge in [-0.3, -0.25) is 61.6 Å². The molecule has 14 atom stereocenters. The van der Waals surface area contributed by atoms with Crippen LogP contribution in [-0.2, 0) is 71.1 Å². The zero-order valence-corrected chi connectivity index (χ0v) is 62.1. The first kappa shape index (κ1) is 142. The molecule has 0 radical (unpaired) electrons. The Bertz CT molecular complexity index is 4320. The van der Waals surface area contributed by atoms with E-state index in [-0.39, 0.29) is 42.6 Å². The molecule has 0 aliphatic rings. The van der Waals surface area contributed by atoms with Crippen LogP contribution in [0.3, 0.4) is 0 Å². The molecular weight excluding hydrogens is 2480 g/mol. The van der Waals surface area contributed by atoms with Crippen molar-refractivity contribution < 1.29 is 466 Å². The van der Waals surface area contributed by atoms with Gasteiger partial charge in [0.15, 0.2) is 0 Å². The van der Waals surface area contributed by atoms with E-state index < -0.39 is 267 Å². The lowest BCUT2D eigenvalue weighted by atomic mass is 10.1. The zero-order valence-electron chi connectivity index (χ0n) is 62.1. The fourth-order valence-corrected chi connectivity index (χ4v) is 7.47. The maximum Gasteiger partial charge on any atom is 0.527 e. The predicted molar refractivity (Wildman–Crippen MR) is 236 cm³/mol. The summed E-state index contributed by atoms with van der Waals surface area (Å²) in [5.41, 5.74) is 0. The Morgan fingerprint density at radius 2 is 0.107 bits per heavy atom. The molecule has 0 aromatic rings. The van der Waals surface area contributed by atoms with Crippen LogP contribution in [0.25, 0.3) is 0 Å². The maximum atomic E-state index is 15.4. The van der Waals surface area contributed by atoms with Gasteiger partial charge in [0, 0.05) is 0 Å². The topological polar surface area (TPSA) is 138 Å². The third kappa shape index (κ3) is 24.3. The third-order valence-corrected chi connectivity index (χ3v) is 14.3. The van der Waals surface area contributed by atoms with E-state index in [0.29, 0.717) is 18.9 Å². The average molecular weight is 2480 g/mol. The Morgan fingerprint density at radius 1 is 0.0604 bits per heavy atom. The van der Waals surface area contributed by atoms with Gasteiger partial charge in [-0.1, -0.05) is 0 Å². The number of hydrogen-bond acceptors (Lipinski definition) is 15. The predicted octanol–water partition coefficient (Wildman–Crippen LogP) is 27.8. The Labute approximate surface area is 734 Å². The van der Waals surface area contributed by atoms with E-state index in [1.54, 1.807) is 0 Å². The second kappa shape index (κ2) is 37.4. The molecule has 149 heavy (non-hydrogen) atoms. The molecule has 0 saturated heterocycles. The number of halogens is 90. The fourth-order valence-electron chi connectivity index (χ4n) is 7.47. The molecule has 15 nitrogen and oxygen atoms in total. The van der Waals surface area contributed by atoms with E-state index in [9.17, 15) is 299 Å². The van der Waals surface area contributed by atoms with Crippen LogP contribution >= 0.6 is 0 Å². The van der Waals surface area contributed by atoms with Crippen molar-refractivity contribution in [3.05, 3.63) is 0 Å². The number of hydrogen-bond donors (Lipinski definition) is 0. The highest BCUT2D eigenvalue weighted by Crippen LogP contribution is 2.71. The molecule has 14 unspecified atom stereocenters. The Balaban J connectivity index is 9.29. The van der Waals surface area contributed by atoms with Crippen molar-refractivity contribution in [1.29, 1.82) is 0 Å². The molecule has 0 amide bonds. The van der Waals surface area contributed by atoms with Crippen LogP contribution in [0.2, 0.25) is 0 Å². The molecule has 0 N–H and O–H groups in total. The van der Waals surface area contributed by atoms with Crippen molar-refractivity contribution in [2.45, 2.75) is 267 Å². The van der Waals surface area contributed by atoms with Crippen LogP contribution in [0.1, 0.15) is 0 Å². The second-order valence-corrected chi connectivity index (χ2v) is 25.0. The van der Waals surface area contributed by atoms with Crippen molar-refractivity contribution in [2.75, 3.05) is 0 Å². The first-order valence-corrected chi connectivity index (χ1v) is 30.1. The van der Waals surface area contributed by atoms with E-state index in [2.05, 4.69) is 0 Å². The lowest BCUT2D eigenvalue weighted by molar-refractivity contribution is -0.616. The normalized spacial score (nSPS) is 21.7. The van der Waals surface area contributed by atoms with E-state index in [1.165, 1.54) is 0 Å². The average Bonchev–Trinajstić information content (AvgIpc) is 0.703. The lowest BCUT2D eigenvalue weighted by Crippen LogP contribution is -2.74. The quantitative estimate of drug-likeness (QED) is 0.0535. The van der Waals surface area contributed by atoms with Crippen LogP contribution in [0.15, 0.2) is 0 Å². The Hall–Kier alpha value is -6.90. The molecule has 0 fully saturated rings. The van der Waals surface area contributed by atoms with Gasteiger partial charge in [0.2, 0.25) is 0 Å². The van der Waals surface area contributed by atoms with Crippen LogP contribution in [0, 0.1) is 0 Å². The summed E-state index contributed by atoms with van der Waals surface area (Å²) in [6.45, 7) is 0. The smallest absolute Gasteiger partial charge is 0.263 e. The summed E-state index contributed by atoms with van der Waals surface area (Å²) in [6, 6.07) is 0. The molecule has 0 spiro atoms. The first-order chi connectivity index (χ1) is 62.6. The van der Waals surface area contributed by atoms with Gasteiger partial charge in [0.05, 0.1) is 0 Å². The molecular formula is C44F90O15. The van der Waals surface area contributed by atoms with E-state index in [0.717, 1.165) is 9.47 Å². The Morgan fingerprint density at radius 3 is 0.154 bits per heavy atom. The Kier molecular flexibility index (Phi) is 35.7. The van der Waals surface area contributed by atoms with Gasteiger partial charge in [-0.05, 0) is 0 Å². The van der Waals surface area contributed by atoms with Gasteiger partial charge < -0.3 is 0 Å². The number of alkyl halides is 90. The summed E-state index contributed by atoms with van der Waals surface area (Å²) >= 11 is 0. The molecule has 0 heterocycles. The largest absolute Gasteiger partial charge is 0.527 e. The van der Waals surface area contributed by atoms with E-state index >= 15 is 96.6 Å². The van der Waals surface area contributed by atoms with Gasteiger partial charge in [0.25, 0.3) is 0 Å². The summed E-state index contributed by atoms with van der Waals surface area (Å²) in [6.07, 6.45) is -302. The lowest BCUT2D eigenvalue weighted by Gasteiger charge is -2.46. The summed E-state index contributed by atoms with van der Waals surface area (Å²) in [5, 5.41) is 0. The van der Waals surface area contributed by atoms with Crippen LogP contribution in [0.4, 0.5) is 395 Å². The van der Waals surface area contributed by atoms with Crippen molar-refractivity contribution in [3.63, 3.8) is 0 Å². The summed E-state index contributed by atoms with van der Waals surface area (Å²) in [5.74, 6) is -147. The standard InChI is InChI=1S/C44F90O15/c45-1(15(59,60)61,30(103,104)137-3(47,17(65,66)67)32(107,108)139-5(49,19(71,72)73)34(111,112)141-7(51,21(77,78)79)36(115,116)143-9(53,23(83,84)85)38(119,120)145-11(55,25(89,90)91)40(123,124)147-13(57,27(95,96)97)42(127,128)149-44(132,133)134)135-29(101,102)2(46,16(62,63)64)136-31(105,106)4(48,18(68,69)70)138-33(109,110)6(50,20(74,75)76)140-35(113,114)8(52,22(80,81)82)142-37(117,118)10(54,24(86,87)88)144-39(121,122)12(56,26(92,93)94)146-41(125,126)14(58,28(98,99)100)148-43(129,130)131.